The smallest absolute Gasteiger partial charge is 0.142 e. The molecule has 0 saturated heterocycles. The monoisotopic (exact) mass is 486 g/mol. The lowest BCUT2D eigenvalue weighted by atomic mass is 10.1. The molecule has 2 aromatic rings. The van der Waals surface area contributed by atoms with E-state index in [1.807, 2.05) is 37.3 Å². The van der Waals surface area contributed by atoms with Crippen LogP contribution in [0.3, 0.4) is 0 Å². The number of carbonyl (C=O) groups excluding carboxylic acids is 1. The Morgan fingerprint density at radius 1 is 1.11 bits per heavy atom. The van der Waals surface area contributed by atoms with E-state index >= 15 is 0 Å². The molecule has 0 N–H and O–H groups in total. The van der Waals surface area contributed by atoms with Gasteiger partial charge in [0.2, 0.25) is 0 Å². The highest BCUT2D eigenvalue weighted by atomic mass is 28.3. The van der Waals surface area contributed by atoms with E-state index in [-0.39, 0.29) is 18.3 Å². The van der Waals surface area contributed by atoms with Crippen molar-refractivity contribution in [3.05, 3.63) is 115 Å². The maximum Gasteiger partial charge on any atom is 0.142 e. The van der Waals surface area contributed by atoms with Gasteiger partial charge >= 0.3 is 0 Å². The van der Waals surface area contributed by atoms with E-state index in [0.29, 0.717) is 18.6 Å². The lowest BCUT2D eigenvalue weighted by molar-refractivity contribution is -0.104. The zero-order chi connectivity index (χ0) is 25.1. The van der Waals surface area contributed by atoms with Crippen molar-refractivity contribution < 1.29 is 14.3 Å². The summed E-state index contributed by atoms with van der Waals surface area (Å²) in [5.74, 6) is 0. The molecule has 4 heteroatoms. The Bertz CT molecular complexity index is 1020. The summed E-state index contributed by atoms with van der Waals surface area (Å²) in [5.41, 5.74) is 2.58. The first kappa shape index (κ1) is 26.8. The Labute approximate surface area is 211 Å². The minimum Gasteiger partial charge on any atom is -0.370 e. The molecule has 184 valence electrons. The Morgan fingerprint density at radius 3 is 2.46 bits per heavy atom. The van der Waals surface area contributed by atoms with Gasteiger partial charge in [0, 0.05) is 0 Å². The molecule has 0 aromatic heterocycles. The van der Waals surface area contributed by atoms with E-state index in [1.165, 1.54) is 11.3 Å². The average Bonchev–Trinajstić information content (AvgIpc) is 2.96. The zero-order valence-corrected chi connectivity index (χ0v) is 22.2. The molecule has 4 atom stereocenters. The molecule has 3 rings (SSSR count). The second kappa shape index (κ2) is 13.3. The van der Waals surface area contributed by atoms with E-state index in [1.54, 1.807) is 0 Å². The third kappa shape index (κ3) is 7.86. The molecule has 1 aliphatic heterocycles. The van der Waals surface area contributed by atoms with Crippen LogP contribution in [0.4, 0.5) is 0 Å². The molecule has 0 aliphatic carbocycles. The van der Waals surface area contributed by atoms with Crippen molar-refractivity contribution in [2.45, 2.75) is 63.3 Å². The van der Waals surface area contributed by atoms with E-state index in [0.717, 1.165) is 23.8 Å². The van der Waals surface area contributed by atoms with Gasteiger partial charge in [0.15, 0.2) is 0 Å². The van der Waals surface area contributed by atoms with E-state index in [4.69, 9.17) is 9.47 Å². The highest BCUT2D eigenvalue weighted by molar-refractivity contribution is 6.91. The first-order chi connectivity index (χ1) is 16.9. The minimum atomic E-state index is -1.84. The largest absolute Gasteiger partial charge is 0.370 e. The van der Waals surface area contributed by atoms with Crippen LogP contribution in [0.2, 0.25) is 18.6 Å². The molecule has 0 amide bonds. The molecule has 0 fully saturated rings. The molecule has 0 spiro atoms. The summed E-state index contributed by atoms with van der Waals surface area (Å²) in [6.45, 7) is 11.3. The number of rotatable bonds is 9. The molecule has 2 aromatic carbocycles. The van der Waals surface area contributed by atoms with Crippen molar-refractivity contribution in [1.82, 2.24) is 0 Å². The molecule has 0 radical (unpaired) electrons. The summed E-state index contributed by atoms with van der Waals surface area (Å²) < 4.78 is 13.1. The summed E-state index contributed by atoms with van der Waals surface area (Å²) >= 11 is 0. The molecule has 1 aliphatic rings. The minimum absolute atomic E-state index is 0.125. The molecule has 1 heterocycles. The van der Waals surface area contributed by atoms with E-state index in [9.17, 15) is 4.79 Å². The van der Waals surface area contributed by atoms with Gasteiger partial charge in [0.05, 0.1) is 26.9 Å². The third-order valence-corrected chi connectivity index (χ3v) is 10.9. The Balaban J connectivity index is 1.94. The van der Waals surface area contributed by atoms with Crippen LogP contribution >= 0.6 is 0 Å². The van der Waals surface area contributed by atoms with Gasteiger partial charge in [-0.1, -0.05) is 121 Å². The lowest BCUT2D eigenvalue weighted by Gasteiger charge is -2.34. The molecule has 0 unspecified atom stereocenters. The molecular formula is C31H38O3Si. The standard InChI is InChI=1S/C31H38O3Si/c1-5-25(2)22-27-23-29(35(3,4)28-16-10-7-11-17-28)18-12-19-30(31(34-27)20-13-21-32)33-24-26-14-8-6-9-15-26/h5-18,20-22,27,29-31H,1,19,23-24H2,2-4H3/b18-12-,20-13+,25-22+/t27-,29+,30-,31+/m0/s1. The van der Waals surface area contributed by atoms with Crippen molar-refractivity contribution in [3.63, 3.8) is 0 Å². The second-order valence-electron chi connectivity index (χ2n) is 9.70. The van der Waals surface area contributed by atoms with Gasteiger partial charge in [-0.25, -0.2) is 0 Å². The van der Waals surface area contributed by atoms with Crippen LogP contribution in [0.5, 0.6) is 0 Å². The van der Waals surface area contributed by atoms with Crippen LogP contribution in [0.15, 0.2) is 109 Å². The maximum absolute atomic E-state index is 11.2. The van der Waals surface area contributed by atoms with Crippen molar-refractivity contribution in [3.8, 4) is 0 Å². The Morgan fingerprint density at radius 2 is 1.80 bits per heavy atom. The van der Waals surface area contributed by atoms with Crippen molar-refractivity contribution in [2.24, 2.45) is 0 Å². The summed E-state index contributed by atoms with van der Waals surface area (Å²) in [7, 11) is -1.84. The molecule has 35 heavy (non-hydrogen) atoms. The first-order valence-corrected chi connectivity index (χ1v) is 15.5. The van der Waals surface area contributed by atoms with E-state index in [2.05, 4.69) is 80.4 Å². The highest BCUT2D eigenvalue weighted by Crippen LogP contribution is 2.33. The number of ether oxygens (including phenoxy) is 2. The predicted octanol–water partition coefficient (Wildman–Crippen LogP) is 6.55. The zero-order valence-electron chi connectivity index (χ0n) is 21.2. The Hall–Kier alpha value is -2.79. The fourth-order valence-electron chi connectivity index (χ4n) is 4.54. The SMILES string of the molecule is C=C/C(C)=C/[C@H]1C[C@H]([Si](C)(C)c2ccccc2)/C=C\C[C@H](OCc2ccccc2)[C@@H](/C=C/C=O)O1. The maximum atomic E-state index is 11.2. The van der Waals surface area contributed by atoms with Crippen molar-refractivity contribution in [2.75, 3.05) is 0 Å². The molecular weight excluding hydrogens is 448 g/mol. The fraction of sp³-hybridized carbons (Fsp3) is 0.323. The topological polar surface area (TPSA) is 35.5 Å². The van der Waals surface area contributed by atoms with Gasteiger partial charge in [0.25, 0.3) is 0 Å². The van der Waals surface area contributed by atoms with Gasteiger partial charge in [-0.2, -0.15) is 0 Å². The van der Waals surface area contributed by atoms with Gasteiger partial charge in [-0.05, 0) is 36.9 Å². The average molecular weight is 487 g/mol. The molecule has 0 saturated carbocycles. The number of benzene rings is 2. The van der Waals surface area contributed by atoms with Crippen molar-refractivity contribution >= 4 is 19.5 Å². The molecule has 0 bridgehead atoms. The first-order valence-electron chi connectivity index (χ1n) is 12.4. The fourth-order valence-corrected chi connectivity index (χ4v) is 7.45. The van der Waals surface area contributed by atoms with Gasteiger partial charge in [-0.3, -0.25) is 4.79 Å². The Kier molecular flexibility index (Phi) is 10.2. The lowest BCUT2D eigenvalue weighted by Crippen LogP contribution is -2.46. The summed E-state index contributed by atoms with van der Waals surface area (Å²) in [6.07, 6.45) is 13.7. The van der Waals surface area contributed by atoms with Crippen molar-refractivity contribution in [1.29, 1.82) is 0 Å². The third-order valence-electron chi connectivity index (χ3n) is 6.82. The predicted molar refractivity (Wildman–Crippen MR) is 149 cm³/mol. The number of hydrogen-bond donors (Lipinski definition) is 0. The summed E-state index contributed by atoms with van der Waals surface area (Å²) in [5, 5.41) is 1.44. The number of hydrogen-bond acceptors (Lipinski definition) is 3. The van der Waals surface area contributed by atoms with Gasteiger partial charge < -0.3 is 9.47 Å². The van der Waals surface area contributed by atoms with Crippen LogP contribution in [0.1, 0.15) is 25.3 Å². The highest BCUT2D eigenvalue weighted by Gasteiger charge is 2.35. The quantitative estimate of drug-likeness (QED) is 0.133. The summed E-state index contributed by atoms with van der Waals surface area (Å²) in [6, 6.07) is 21.0. The van der Waals surface area contributed by atoms with Crippen LogP contribution in [0.25, 0.3) is 0 Å². The number of aldehydes is 1. The van der Waals surface area contributed by atoms with Crippen LogP contribution < -0.4 is 5.19 Å². The van der Waals surface area contributed by atoms with Crippen LogP contribution in [-0.2, 0) is 20.9 Å². The van der Waals surface area contributed by atoms with E-state index < -0.39 is 8.07 Å². The van der Waals surface area contributed by atoms with Crippen LogP contribution in [-0.4, -0.2) is 32.7 Å². The summed E-state index contributed by atoms with van der Waals surface area (Å²) in [4.78, 5) is 11.2. The van der Waals surface area contributed by atoms with Gasteiger partial charge in [0.1, 0.15) is 12.4 Å². The van der Waals surface area contributed by atoms with Crippen LogP contribution in [0, 0.1) is 0 Å². The van der Waals surface area contributed by atoms with Gasteiger partial charge in [-0.15, -0.1) is 0 Å². The number of allylic oxidation sites excluding steroid dienone is 4. The number of carbonyl (C=O) groups is 1. The second-order valence-corrected chi connectivity index (χ2v) is 14.5. The molecule has 3 nitrogen and oxygen atoms in total. The normalized spacial score (nSPS) is 24.8.